The summed E-state index contributed by atoms with van der Waals surface area (Å²) in [5, 5.41) is 0. The lowest BCUT2D eigenvalue weighted by Crippen LogP contribution is -2.22. The van der Waals surface area contributed by atoms with Gasteiger partial charge in [0.1, 0.15) is 17.7 Å². The second-order valence-electron chi connectivity index (χ2n) is 5.94. The molecule has 0 aliphatic carbocycles. The second kappa shape index (κ2) is 7.62. The summed E-state index contributed by atoms with van der Waals surface area (Å²) in [6.07, 6.45) is 2.43. The molecule has 28 heavy (non-hydrogen) atoms. The lowest BCUT2D eigenvalue weighted by Gasteiger charge is -2.07. The fourth-order valence-corrected chi connectivity index (χ4v) is 3.64. The third kappa shape index (κ3) is 3.46. The first kappa shape index (κ1) is 19.9. The number of nitrogens with two attached hydrogens (primary N) is 1. The third-order valence-electron chi connectivity index (χ3n) is 4.25. The van der Waals surface area contributed by atoms with E-state index in [1.165, 1.54) is 47.8 Å². The van der Waals surface area contributed by atoms with Crippen molar-refractivity contribution in [3.63, 3.8) is 0 Å². The van der Waals surface area contributed by atoms with E-state index in [0.717, 1.165) is 0 Å². The first-order valence-electron chi connectivity index (χ1n) is 8.29. The normalized spacial score (nSPS) is 12.6. The van der Waals surface area contributed by atoms with Crippen molar-refractivity contribution in [3.8, 4) is 11.3 Å². The summed E-state index contributed by atoms with van der Waals surface area (Å²) in [4.78, 5) is 21.0. The van der Waals surface area contributed by atoms with Crippen LogP contribution in [-0.4, -0.2) is 41.1 Å². The molecule has 0 aliphatic rings. The summed E-state index contributed by atoms with van der Waals surface area (Å²) in [5.74, 6) is -0.556. The lowest BCUT2D eigenvalue weighted by atomic mass is 10.1. The molecule has 1 aromatic carbocycles. The van der Waals surface area contributed by atoms with Gasteiger partial charge in [0.15, 0.2) is 5.65 Å². The molecular formula is C17H19FN6O3S. The van der Waals surface area contributed by atoms with Crippen LogP contribution in [0.25, 0.3) is 22.4 Å². The average Bonchev–Trinajstić information content (AvgIpc) is 2.93. The highest BCUT2D eigenvalue weighted by molar-refractivity contribution is 7.89. The number of allylic oxidation sites excluding steroid dienone is 1. The lowest BCUT2D eigenvalue weighted by molar-refractivity contribution is 0.546. The van der Waals surface area contributed by atoms with Gasteiger partial charge in [-0.2, -0.15) is 0 Å². The molecule has 3 N–H and O–H groups in total. The minimum Gasteiger partial charge on any atom is -0.327 e. The minimum atomic E-state index is -3.65. The largest absolute Gasteiger partial charge is 0.330 e. The van der Waals surface area contributed by atoms with Crippen molar-refractivity contribution in [1.29, 1.82) is 0 Å². The number of sulfonamides is 1. The van der Waals surface area contributed by atoms with Crippen LogP contribution in [0.4, 0.5) is 4.39 Å². The number of aryl methyl sites for hydroxylation is 1. The predicted molar refractivity (Wildman–Crippen MR) is 103 cm³/mol. The van der Waals surface area contributed by atoms with E-state index in [-0.39, 0.29) is 23.6 Å². The zero-order valence-corrected chi connectivity index (χ0v) is 16.1. The molecule has 11 heteroatoms. The Labute approximate surface area is 160 Å². The maximum Gasteiger partial charge on any atom is 0.330 e. The van der Waals surface area contributed by atoms with Crippen LogP contribution in [0.1, 0.15) is 0 Å². The zero-order chi connectivity index (χ0) is 20.5. The van der Waals surface area contributed by atoms with Gasteiger partial charge in [0.2, 0.25) is 10.0 Å². The van der Waals surface area contributed by atoms with Gasteiger partial charge < -0.3 is 5.73 Å². The maximum atomic E-state index is 13.9. The molecule has 3 rings (SSSR count). The molecule has 0 aliphatic heterocycles. The van der Waals surface area contributed by atoms with E-state index in [1.807, 2.05) is 0 Å². The van der Waals surface area contributed by atoms with Crippen molar-refractivity contribution in [2.24, 2.45) is 12.8 Å². The van der Waals surface area contributed by atoms with Crippen molar-refractivity contribution < 1.29 is 12.8 Å². The highest BCUT2D eigenvalue weighted by Gasteiger charge is 2.19. The molecule has 0 amide bonds. The smallest absolute Gasteiger partial charge is 0.327 e. The summed E-state index contributed by atoms with van der Waals surface area (Å²) < 4.78 is 42.9. The van der Waals surface area contributed by atoms with E-state index in [0.29, 0.717) is 16.8 Å². The molecule has 0 atom stereocenters. The van der Waals surface area contributed by atoms with Crippen molar-refractivity contribution >= 4 is 21.2 Å². The van der Waals surface area contributed by atoms with E-state index >= 15 is 0 Å². The number of rotatable bonds is 6. The Morgan fingerprint density at radius 3 is 2.79 bits per heavy atom. The van der Waals surface area contributed by atoms with Crippen molar-refractivity contribution in [2.45, 2.75) is 11.4 Å². The van der Waals surface area contributed by atoms with Crippen LogP contribution in [0.3, 0.4) is 0 Å². The van der Waals surface area contributed by atoms with Crippen molar-refractivity contribution in [3.05, 3.63) is 53.0 Å². The summed E-state index contributed by atoms with van der Waals surface area (Å²) in [6, 6.07) is 6.15. The van der Waals surface area contributed by atoms with Gasteiger partial charge in [0, 0.05) is 19.2 Å². The van der Waals surface area contributed by atoms with Crippen LogP contribution in [0.15, 0.2) is 52.2 Å². The van der Waals surface area contributed by atoms with Gasteiger partial charge >= 0.3 is 5.69 Å². The summed E-state index contributed by atoms with van der Waals surface area (Å²) in [5.41, 5.74) is 6.28. The number of nitrogens with one attached hydrogen (secondary N) is 1. The van der Waals surface area contributed by atoms with Gasteiger partial charge in [0.05, 0.1) is 17.1 Å². The number of benzene rings is 1. The highest BCUT2D eigenvalue weighted by Crippen LogP contribution is 2.26. The standard InChI is InChI=1S/C17H19FN6O3S/c1-20-28(26,27)13-5-3-4-11(8-13)14-15-16(22-10-21-14)24(17(25)23(15)2)9-12(18)6-7-19/h3-6,8,10,20H,7,9,19H2,1-2H3. The Kier molecular flexibility index (Phi) is 5.40. The molecule has 9 nitrogen and oxygen atoms in total. The molecule has 3 aromatic rings. The molecule has 0 fully saturated rings. The molecule has 148 valence electrons. The Morgan fingerprint density at radius 1 is 1.36 bits per heavy atom. The van der Waals surface area contributed by atoms with E-state index < -0.39 is 21.5 Å². The molecule has 2 heterocycles. The predicted octanol–water partition coefficient (Wildman–Crippen LogP) is 0.517. The number of imidazole rings is 1. The Balaban J connectivity index is 2.24. The van der Waals surface area contributed by atoms with Gasteiger partial charge in [-0.3, -0.25) is 9.13 Å². The second-order valence-corrected chi connectivity index (χ2v) is 7.83. The Morgan fingerprint density at radius 2 is 2.11 bits per heavy atom. The number of hydrogen-bond donors (Lipinski definition) is 2. The van der Waals surface area contributed by atoms with Crippen LogP contribution >= 0.6 is 0 Å². The first-order chi connectivity index (χ1) is 13.3. The van der Waals surface area contributed by atoms with E-state index in [9.17, 15) is 17.6 Å². The SMILES string of the molecule is CNS(=O)(=O)c1cccc(-c2ncnc3c2n(C)c(=O)n3CC(F)=CCN)c1. The first-order valence-corrected chi connectivity index (χ1v) is 9.77. The quantitative estimate of drug-likeness (QED) is 0.615. The number of fused-ring (bicyclic) bond motifs is 1. The third-order valence-corrected chi connectivity index (χ3v) is 5.66. The van der Waals surface area contributed by atoms with Crippen molar-refractivity contribution in [1.82, 2.24) is 23.8 Å². The van der Waals surface area contributed by atoms with Gasteiger partial charge in [-0.25, -0.2) is 32.3 Å². The maximum absolute atomic E-state index is 13.9. The van der Waals surface area contributed by atoms with Crippen LogP contribution in [-0.2, 0) is 23.6 Å². The fraction of sp³-hybridized carbons (Fsp3) is 0.235. The molecule has 0 saturated carbocycles. The molecule has 0 saturated heterocycles. The van der Waals surface area contributed by atoms with E-state index in [1.54, 1.807) is 12.1 Å². The summed E-state index contributed by atoms with van der Waals surface area (Å²) in [6.45, 7) is -0.295. The molecule has 2 aromatic heterocycles. The summed E-state index contributed by atoms with van der Waals surface area (Å²) in [7, 11) is -0.815. The molecule has 0 bridgehead atoms. The van der Waals surface area contributed by atoms with Crippen LogP contribution in [0, 0.1) is 0 Å². The molecular weight excluding hydrogens is 387 g/mol. The average molecular weight is 406 g/mol. The van der Waals surface area contributed by atoms with E-state index in [4.69, 9.17) is 5.73 Å². The van der Waals surface area contributed by atoms with Crippen LogP contribution < -0.4 is 16.1 Å². The highest BCUT2D eigenvalue weighted by atomic mass is 32.2. The van der Waals surface area contributed by atoms with Gasteiger partial charge in [-0.15, -0.1) is 0 Å². The minimum absolute atomic E-state index is 0.0122. The van der Waals surface area contributed by atoms with Gasteiger partial charge in [-0.1, -0.05) is 12.1 Å². The number of nitrogens with zero attached hydrogens (tertiary/aromatic N) is 4. The number of hydrogen-bond acceptors (Lipinski definition) is 6. The van der Waals surface area contributed by atoms with Crippen molar-refractivity contribution in [2.75, 3.05) is 13.6 Å². The monoisotopic (exact) mass is 406 g/mol. The van der Waals surface area contributed by atoms with E-state index in [2.05, 4.69) is 14.7 Å². The molecule has 0 unspecified atom stereocenters. The van der Waals surface area contributed by atoms with Gasteiger partial charge in [-0.05, 0) is 25.3 Å². The number of halogens is 1. The fourth-order valence-electron chi connectivity index (χ4n) is 2.87. The Hall–Kier alpha value is -2.89. The van der Waals surface area contributed by atoms with Gasteiger partial charge in [0.25, 0.3) is 0 Å². The molecule has 0 spiro atoms. The summed E-state index contributed by atoms with van der Waals surface area (Å²) >= 11 is 0. The van der Waals surface area contributed by atoms with Crippen LogP contribution in [0.5, 0.6) is 0 Å². The topological polar surface area (TPSA) is 125 Å². The number of aromatic nitrogens is 4. The zero-order valence-electron chi connectivity index (χ0n) is 15.3. The van der Waals surface area contributed by atoms with Crippen LogP contribution in [0.2, 0.25) is 0 Å². The Bertz CT molecular complexity index is 1230. The molecule has 0 radical (unpaired) electrons.